The fourth-order valence-electron chi connectivity index (χ4n) is 3.06. The third kappa shape index (κ3) is 2.92. The van der Waals surface area contributed by atoms with Crippen molar-refractivity contribution >= 4 is 11.3 Å². The van der Waals surface area contributed by atoms with E-state index in [-0.39, 0.29) is 0 Å². The molecule has 1 aromatic heterocycles. The van der Waals surface area contributed by atoms with Crippen LogP contribution in [0.15, 0.2) is 12.1 Å². The van der Waals surface area contributed by atoms with Gasteiger partial charge < -0.3 is 5.32 Å². The summed E-state index contributed by atoms with van der Waals surface area (Å²) < 4.78 is 0. The van der Waals surface area contributed by atoms with E-state index in [2.05, 4.69) is 38.2 Å². The molecule has 0 bridgehead atoms. The Morgan fingerprint density at radius 3 is 2.59 bits per heavy atom. The Kier molecular flexibility index (Phi) is 4.26. The number of hydrogen-bond acceptors (Lipinski definition) is 2. The summed E-state index contributed by atoms with van der Waals surface area (Å²) in [5.41, 5.74) is 0.479. The van der Waals surface area contributed by atoms with Crippen LogP contribution in [0.25, 0.3) is 0 Å². The molecule has 2 heteroatoms. The highest BCUT2D eigenvalue weighted by Crippen LogP contribution is 2.48. The molecule has 0 saturated heterocycles. The largest absolute Gasteiger partial charge is 0.309 e. The van der Waals surface area contributed by atoms with Gasteiger partial charge in [-0.25, -0.2) is 0 Å². The van der Waals surface area contributed by atoms with Crippen molar-refractivity contribution in [1.29, 1.82) is 0 Å². The van der Waals surface area contributed by atoms with Crippen molar-refractivity contribution in [3.05, 3.63) is 21.9 Å². The maximum Gasteiger partial charge on any atom is 0.0469 e. The molecule has 96 valence electrons. The summed E-state index contributed by atoms with van der Waals surface area (Å²) in [7, 11) is 0. The summed E-state index contributed by atoms with van der Waals surface area (Å²) in [5, 5.41) is 3.79. The summed E-state index contributed by atoms with van der Waals surface area (Å²) in [6.07, 6.45) is 6.80. The van der Waals surface area contributed by atoms with Gasteiger partial charge in [-0.1, -0.05) is 26.7 Å². The average Bonchev–Trinajstić information content (AvgIpc) is 2.89. The van der Waals surface area contributed by atoms with Crippen LogP contribution >= 0.6 is 11.3 Å². The van der Waals surface area contributed by atoms with Gasteiger partial charge in [-0.2, -0.15) is 0 Å². The van der Waals surface area contributed by atoms with Gasteiger partial charge in [-0.05, 0) is 50.3 Å². The van der Waals surface area contributed by atoms with Gasteiger partial charge in [0.15, 0.2) is 0 Å². The first-order valence-corrected chi connectivity index (χ1v) is 7.77. The lowest BCUT2D eigenvalue weighted by Gasteiger charge is -2.34. The standard InChI is InChI=1S/C15H25NS/c1-4-11-16-14(13-8-7-12(2)17-13)15(3)9-5-6-10-15/h7-8,14,16H,4-6,9-11H2,1-3H3. The number of aryl methyl sites for hydroxylation is 1. The highest BCUT2D eigenvalue weighted by molar-refractivity contribution is 7.12. The van der Waals surface area contributed by atoms with Crippen molar-refractivity contribution in [3.8, 4) is 0 Å². The molecule has 1 unspecified atom stereocenters. The minimum Gasteiger partial charge on any atom is -0.309 e. The molecule has 1 nitrogen and oxygen atoms in total. The maximum absolute atomic E-state index is 3.79. The summed E-state index contributed by atoms with van der Waals surface area (Å²) in [5.74, 6) is 0. The molecule has 1 heterocycles. The van der Waals surface area contributed by atoms with Crippen LogP contribution in [0.2, 0.25) is 0 Å². The van der Waals surface area contributed by atoms with Crippen molar-refractivity contribution in [2.75, 3.05) is 6.54 Å². The fraction of sp³-hybridized carbons (Fsp3) is 0.733. The van der Waals surface area contributed by atoms with Crippen LogP contribution in [0.4, 0.5) is 0 Å². The lowest BCUT2D eigenvalue weighted by atomic mass is 9.80. The Labute approximate surface area is 110 Å². The van der Waals surface area contributed by atoms with Gasteiger partial charge in [-0.15, -0.1) is 11.3 Å². The monoisotopic (exact) mass is 251 g/mol. The first-order valence-electron chi connectivity index (χ1n) is 6.95. The molecule has 17 heavy (non-hydrogen) atoms. The van der Waals surface area contributed by atoms with E-state index in [1.165, 1.54) is 37.0 Å². The number of rotatable bonds is 5. The zero-order valence-electron chi connectivity index (χ0n) is 11.4. The van der Waals surface area contributed by atoms with Crippen LogP contribution in [-0.4, -0.2) is 6.54 Å². The third-order valence-corrected chi connectivity index (χ3v) is 5.15. The normalized spacial score (nSPS) is 20.6. The molecule has 2 rings (SSSR count). The van der Waals surface area contributed by atoms with Crippen LogP contribution in [0.1, 0.15) is 61.7 Å². The van der Waals surface area contributed by atoms with Gasteiger partial charge in [0.25, 0.3) is 0 Å². The average molecular weight is 251 g/mol. The molecule has 0 amide bonds. The third-order valence-electron chi connectivity index (χ3n) is 4.09. The predicted octanol–water partition coefficient (Wildman–Crippen LogP) is 4.68. The molecule has 1 saturated carbocycles. The fourth-order valence-corrected chi connectivity index (χ4v) is 4.19. The van der Waals surface area contributed by atoms with Gasteiger partial charge in [0.1, 0.15) is 0 Å². The molecule has 0 aliphatic heterocycles. The van der Waals surface area contributed by atoms with Crippen molar-refractivity contribution in [3.63, 3.8) is 0 Å². The molecule has 1 aliphatic rings. The number of thiophene rings is 1. The molecule has 1 aromatic rings. The lowest BCUT2D eigenvalue weighted by molar-refractivity contribution is 0.227. The van der Waals surface area contributed by atoms with Gasteiger partial charge in [0.2, 0.25) is 0 Å². The van der Waals surface area contributed by atoms with Crippen molar-refractivity contribution in [1.82, 2.24) is 5.32 Å². The minimum atomic E-state index is 0.479. The molecule has 1 aliphatic carbocycles. The topological polar surface area (TPSA) is 12.0 Å². The van der Waals surface area contributed by atoms with Crippen LogP contribution in [-0.2, 0) is 0 Å². The first-order chi connectivity index (χ1) is 8.15. The molecule has 1 atom stereocenters. The van der Waals surface area contributed by atoms with Crippen LogP contribution in [0, 0.1) is 12.3 Å². The second-order valence-corrected chi connectivity index (χ2v) is 7.02. The Bertz CT molecular complexity index is 350. The highest BCUT2D eigenvalue weighted by Gasteiger charge is 2.38. The van der Waals surface area contributed by atoms with E-state index in [4.69, 9.17) is 0 Å². The van der Waals surface area contributed by atoms with E-state index in [9.17, 15) is 0 Å². The van der Waals surface area contributed by atoms with E-state index in [0.717, 1.165) is 6.54 Å². The molecule has 0 spiro atoms. The highest BCUT2D eigenvalue weighted by atomic mass is 32.1. The smallest absolute Gasteiger partial charge is 0.0469 e. The van der Waals surface area contributed by atoms with Gasteiger partial charge in [0, 0.05) is 15.8 Å². The Morgan fingerprint density at radius 2 is 2.06 bits per heavy atom. The number of nitrogens with one attached hydrogen (secondary N) is 1. The Hall–Kier alpha value is -0.340. The zero-order chi connectivity index (χ0) is 12.3. The molecular formula is C15H25NS. The molecule has 0 radical (unpaired) electrons. The SMILES string of the molecule is CCCNC(c1ccc(C)s1)C1(C)CCCC1. The second kappa shape index (κ2) is 5.53. The summed E-state index contributed by atoms with van der Waals surface area (Å²) in [6, 6.07) is 5.17. The van der Waals surface area contributed by atoms with Crippen molar-refractivity contribution < 1.29 is 0 Å². The van der Waals surface area contributed by atoms with Gasteiger partial charge in [0.05, 0.1) is 0 Å². The van der Waals surface area contributed by atoms with Crippen LogP contribution in [0.3, 0.4) is 0 Å². The predicted molar refractivity (Wildman–Crippen MR) is 76.7 cm³/mol. The van der Waals surface area contributed by atoms with E-state index < -0.39 is 0 Å². The summed E-state index contributed by atoms with van der Waals surface area (Å²) >= 11 is 1.97. The Morgan fingerprint density at radius 1 is 1.35 bits per heavy atom. The van der Waals surface area contributed by atoms with Crippen molar-refractivity contribution in [2.45, 2.75) is 58.9 Å². The van der Waals surface area contributed by atoms with Gasteiger partial charge >= 0.3 is 0 Å². The molecule has 1 N–H and O–H groups in total. The number of hydrogen-bond donors (Lipinski definition) is 1. The Balaban J connectivity index is 2.18. The van der Waals surface area contributed by atoms with E-state index >= 15 is 0 Å². The summed E-state index contributed by atoms with van der Waals surface area (Å²) in [6.45, 7) is 8.07. The molecule has 1 fully saturated rings. The minimum absolute atomic E-state index is 0.479. The van der Waals surface area contributed by atoms with Crippen LogP contribution < -0.4 is 5.32 Å². The quantitative estimate of drug-likeness (QED) is 0.801. The molecule has 0 aromatic carbocycles. The second-order valence-electron chi connectivity index (χ2n) is 5.70. The lowest BCUT2D eigenvalue weighted by Crippen LogP contribution is -2.34. The van der Waals surface area contributed by atoms with E-state index in [1.807, 2.05) is 11.3 Å². The first kappa shape index (κ1) is 13.1. The van der Waals surface area contributed by atoms with E-state index in [0.29, 0.717) is 11.5 Å². The zero-order valence-corrected chi connectivity index (χ0v) is 12.2. The maximum atomic E-state index is 3.79. The summed E-state index contributed by atoms with van der Waals surface area (Å²) in [4.78, 5) is 2.98. The van der Waals surface area contributed by atoms with Crippen LogP contribution in [0.5, 0.6) is 0 Å². The van der Waals surface area contributed by atoms with Gasteiger partial charge in [-0.3, -0.25) is 0 Å². The van der Waals surface area contributed by atoms with E-state index in [1.54, 1.807) is 4.88 Å². The van der Waals surface area contributed by atoms with Crippen molar-refractivity contribution in [2.24, 2.45) is 5.41 Å². The molecular weight excluding hydrogens is 226 g/mol.